The molecule has 0 saturated carbocycles. The Morgan fingerprint density at radius 3 is 2.88 bits per heavy atom. The van der Waals surface area contributed by atoms with Crippen molar-refractivity contribution in [3.63, 3.8) is 0 Å². The molecule has 0 aliphatic carbocycles. The molecule has 2 aromatic heterocycles. The van der Waals surface area contributed by atoms with Crippen LogP contribution in [-0.4, -0.2) is 9.55 Å². The number of benzene rings is 1. The molecule has 0 bridgehead atoms. The molecule has 0 radical (unpaired) electrons. The van der Waals surface area contributed by atoms with Crippen molar-refractivity contribution >= 4 is 27.6 Å². The maximum Gasteiger partial charge on any atom is 0.147 e. The maximum atomic E-state index is 5.94. The Morgan fingerprint density at radius 2 is 2.06 bits per heavy atom. The topological polar surface area (TPSA) is 43.8 Å². The van der Waals surface area contributed by atoms with Gasteiger partial charge >= 0.3 is 0 Å². The molecule has 2 heterocycles. The zero-order chi connectivity index (χ0) is 11.3. The zero-order valence-corrected chi connectivity index (χ0v) is 9.36. The van der Waals surface area contributed by atoms with Gasteiger partial charge in [0, 0.05) is 29.5 Å². The molecule has 0 saturated heterocycles. The lowest BCUT2D eigenvalue weighted by Gasteiger charge is -1.99. The van der Waals surface area contributed by atoms with Crippen LogP contribution in [0.5, 0.6) is 0 Å². The SMILES string of the molecule is Cc1cccc2c1c1ccnc(N)c1n2C. The third kappa shape index (κ3) is 0.999. The summed E-state index contributed by atoms with van der Waals surface area (Å²) in [6.07, 6.45) is 1.77. The van der Waals surface area contributed by atoms with Crippen LogP contribution in [0, 0.1) is 6.92 Å². The van der Waals surface area contributed by atoms with Gasteiger partial charge in [-0.1, -0.05) is 12.1 Å². The van der Waals surface area contributed by atoms with E-state index in [1.54, 1.807) is 6.20 Å². The number of hydrogen-bond acceptors (Lipinski definition) is 2. The van der Waals surface area contributed by atoms with Crippen molar-refractivity contribution in [2.24, 2.45) is 7.05 Å². The molecular formula is C13H13N3. The summed E-state index contributed by atoms with van der Waals surface area (Å²) in [5.41, 5.74) is 9.43. The van der Waals surface area contributed by atoms with Crippen LogP contribution in [0.1, 0.15) is 5.56 Å². The summed E-state index contributed by atoms with van der Waals surface area (Å²) in [6, 6.07) is 8.33. The lowest BCUT2D eigenvalue weighted by Crippen LogP contribution is -1.95. The summed E-state index contributed by atoms with van der Waals surface area (Å²) in [6.45, 7) is 2.12. The van der Waals surface area contributed by atoms with E-state index in [2.05, 4.69) is 34.7 Å². The second-order valence-corrected chi connectivity index (χ2v) is 4.12. The third-order valence-electron chi connectivity index (χ3n) is 3.17. The lowest BCUT2D eigenvalue weighted by molar-refractivity contribution is 1.01. The largest absolute Gasteiger partial charge is 0.382 e. The minimum Gasteiger partial charge on any atom is -0.382 e. The smallest absolute Gasteiger partial charge is 0.147 e. The molecule has 0 aliphatic heterocycles. The van der Waals surface area contributed by atoms with Crippen molar-refractivity contribution in [1.82, 2.24) is 9.55 Å². The predicted octanol–water partition coefficient (Wildman–Crippen LogP) is 2.62. The van der Waals surface area contributed by atoms with Crippen molar-refractivity contribution < 1.29 is 0 Å². The number of rotatable bonds is 0. The fourth-order valence-corrected chi connectivity index (χ4v) is 2.43. The van der Waals surface area contributed by atoms with E-state index in [4.69, 9.17) is 5.73 Å². The second-order valence-electron chi connectivity index (χ2n) is 4.12. The lowest BCUT2D eigenvalue weighted by atomic mass is 10.1. The minimum absolute atomic E-state index is 0.593. The number of fused-ring (bicyclic) bond motifs is 3. The van der Waals surface area contributed by atoms with E-state index in [0.29, 0.717) is 5.82 Å². The quantitative estimate of drug-likeness (QED) is 0.621. The van der Waals surface area contributed by atoms with Crippen molar-refractivity contribution in [1.29, 1.82) is 0 Å². The summed E-state index contributed by atoms with van der Waals surface area (Å²) in [5.74, 6) is 0.593. The van der Waals surface area contributed by atoms with Crippen molar-refractivity contribution in [2.45, 2.75) is 6.92 Å². The molecular weight excluding hydrogens is 198 g/mol. The number of anilines is 1. The van der Waals surface area contributed by atoms with Gasteiger partial charge in [0.1, 0.15) is 5.82 Å². The monoisotopic (exact) mass is 211 g/mol. The van der Waals surface area contributed by atoms with E-state index < -0.39 is 0 Å². The number of pyridine rings is 1. The zero-order valence-electron chi connectivity index (χ0n) is 9.36. The van der Waals surface area contributed by atoms with Crippen LogP contribution in [-0.2, 0) is 7.05 Å². The Kier molecular flexibility index (Phi) is 1.72. The Bertz CT molecular complexity index is 695. The molecule has 80 valence electrons. The standard InChI is InChI=1S/C13H13N3/c1-8-4-3-5-10-11(8)9-6-7-15-13(14)12(9)16(10)2/h3-7H,1-2H3,(H2,14,15). The number of nitrogens with two attached hydrogens (primary N) is 1. The summed E-state index contributed by atoms with van der Waals surface area (Å²) in [5, 5.41) is 2.46. The van der Waals surface area contributed by atoms with Gasteiger partial charge in [-0.15, -0.1) is 0 Å². The van der Waals surface area contributed by atoms with E-state index in [0.717, 1.165) is 5.52 Å². The van der Waals surface area contributed by atoms with Crippen LogP contribution in [0.15, 0.2) is 30.5 Å². The number of aryl methyl sites for hydroxylation is 2. The average molecular weight is 211 g/mol. The predicted molar refractivity (Wildman–Crippen MR) is 67.4 cm³/mol. The highest BCUT2D eigenvalue weighted by molar-refractivity contribution is 6.12. The molecule has 0 spiro atoms. The third-order valence-corrected chi connectivity index (χ3v) is 3.17. The highest BCUT2D eigenvalue weighted by atomic mass is 15.0. The van der Waals surface area contributed by atoms with Gasteiger partial charge < -0.3 is 10.3 Å². The first kappa shape index (κ1) is 9.21. The Hall–Kier alpha value is -2.03. The number of aromatic nitrogens is 2. The molecule has 3 aromatic rings. The fourth-order valence-electron chi connectivity index (χ4n) is 2.43. The summed E-state index contributed by atoms with van der Waals surface area (Å²) in [4.78, 5) is 4.15. The van der Waals surface area contributed by atoms with Gasteiger partial charge in [-0.2, -0.15) is 0 Å². The molecule has 0 aliphatic rings. The van der Waals surface area contributed by atoms with Gasteiger partial charge in [0.15, 0.2) is 0 Å². The molecule has 0 amide bonds. The van der Waals surface area contributed by atoms with Crippen LogP contribution in [0.25, 0.3) is 21.8 Å². The number of hydrogen-bond donors (Lipinski definition) is 1. The highest BCUT2D eigenvalue weighted by Gasteiger charge is 2.11. The number of nitrogens with zero attached hydrogens (tertiary/aromatic N) is 2. The van der Waals surface area contributed by atoms with Crippen LogP contribution in [0.4, 0.5) is 5.82 Å². The van der Waals surface area contributed by atoms with Crippen LogP contribution in [0.2, 0.25) is 0 Å². The first-order valence-electron chi connectivity index (χ1n) is 5.28. The van der Waals surface area contributed by atoms with E-state index in [9.17, 15) is 0 Å². The van der Waals surface area contributed by atoms with Gasteiger partial charge in [-0.3, -0.25) is 0 Å². The Balaban J connectivity index is 2.71. The van der Waals surface area contributed by atoms with E-state index in [1.807, 2.05) is 13.1 Å². The van der Waals surface area contributed by atoms with Crippen LogP contribution >= 0.6 is 0 Å². The highest BCUT2D eigenvalue weighted by Crippen LogP contribution is 2.32. The average Bonchev–Trinajstić information content (AvgIpc) is 2.56. The minimum atomic E-state index is 0.593. The molecule has 16 heavy (non-hydrogen) atoms. The maximum absolute atomic E-state index is 5.94. The first-order chi connectivity index (χ1) is 7.70. The first-order valence-corrected chi connectivity index (χ1v) is 5.28. The second kappa shape index (κ2) is 2.98. The fraction of sp³-hybridized carbons (Fsp3) is 0.154. The van der Waals surface area contributed by atoms with Gasteiger partial charge in [-0.25, -0.2) is 4.98 Å². The molecule has 0 unspecified atom stereocenters. The summed E-state index contributed by atoms with van der Waals surface area (Å²) < 4.78 is 2.11. The molecule has 3 nitrogen and oxygen atoms in total. The molecule has 3 heteroatoms. The molecule has 3 rings (SSSR count). The van der Waals surface area contributed by atoms with Crippen molar-refractivity contribution in [2.75, 3.05) is 5.73 Å². The van der Waals surface area contributed by atoms with E-state index in [1.165, 1.54) is 21.9 Å². The number of nitrogen functional groups attached to an aromatic ring is 1. The Morgan fingerprint density at radius 1 is 1.25 bits per heavy atom. The molecule has 0 fully saturated rings. The normalized spacial score (nSPS) is 11.4. The van der Waals surface area contributed by atoms with Gasteiger partial charge in [-0.05, 0) is 24.6 Å². The van der Waals surface area contributed by atoms with Crippen LogP contribution < -0.4 is 5.73 Å². The van der Waals surface area contributed by atoms with Crippen molar-refractivity contribution in [3.05, 3.63) is 36.0 Å². The Labute approximate surface area is 93.5 Å². The van der Waals surface area contributed by atoms with Crippen LogP contribution in [0.3, 0.4) is 0 Å². The van der Waals surface area contributed by atoms with E-state index >= 15 is 0 Å². The van der Waals surface area contributed by atoms with Gasteiger partial charge in [0.05, 0.1) is 5.52 Å². The van der Waals surface area contributed by atoms with Gasteiger partial charge in [0.2, 0.25) is 0 Å². The molecule has 1 aromatic carbocycles. The summed E-state index contributed by atoms with van der Waals surface area (Å²) >= 11 is 0. The van der Waals surface area contributed by atoms with Gasteiger partial charge in [0.25, 0.3) is 0 Å². The molecule has 2 N–H and O–H groups in total. The van der Waals surface area contributed by atoms with Crippen molar-refractivity contribution in [3.8, 4) is 0 Å². The van der Waals surface area contributed by atoms with E-state index in [-0.39, 0.29) is 0 Å². The summed E-state index contributed by atoms with van der Waals surface area (Å²) in [7, 11) is 2.03. The molecule has 0 atom stereocenters.